The number of anilines is 1. The molecule has 1 fully saturated rings. The molecule has 3 aromatic rings. The van der Waals surface area contributed by atoms with Crippen LogP contribution in [0.4, 0.5) is 5.69 Å². The molecule has 1 amide bonds. The molecule has 0 spiro atoms. The van der Waals surface area contributed by atoms with Gasteiger partial charge in [-0.05, 0) is 25.0 Å². The third-order valence-corrected chi connectivity index (χ3v) is 4.76. The molecule has 0 radical (unpaired) electrons. The summed E-state index contributed by atoms with van der Waals surface area (Å²) in [6.45, 7) is 1.85. The lowest BCUT2D eigenvalue weighted by Crippen LogP contribution is -2.44. The van der Waals surface area contributed by atoms with Gasteiger partial charge in [-0.3, -0.25) is 14.5 Å². The van der Waals surface area contributed by atoms with Crippen LogP contribution in [0.5, 0.6) is 0 Å². The molecule has 25 heavy (non-hydrogen) atoms. The number of pyridine rings is 1. The van der Waals surface area contributed by atoms with Crippen LogP contribution in [-0.2, 0) is 7.05 Å². The Bertz CT molecular complexity index is 890. The van der Waals surface area contributed by atoms with Gasteiger partial charge in [0.15, 0.2) is 0 Å². The van der Waals surface area contributed by atoms with E-state index in [2.05, 4.69) is 32.4 Å². The fourth-order valence-electron chi connectivity index (χ4n) is 3.43. The maximum absolute atomic E-state index is 12.3. The van der Waals surface area contributed by atoms with Crippen molar-refractivity contribution >= 4 is 22.5 Å². The van der Waals surface area contributed by atoms with Gasteiger partial charge in [0.1, 0.15) is 0 Å². The van der Waals surface area contributed by atoms with Crippen molar-refractivity contribution < 1.29 is 4.79 Å². The lowest BCUT2D eigenvalue weighted by Gasteiger charge is -2.34. The van der Waals surface area contributed by atoms with Crippen LogP contribution in [-0.4, -0.2) is 39.8 Å². The van der Waals surface area contributed by atoms with Crippen LogP contribution in [0.3, 0.4) is 0 Å². The number of para-hydroxylation sites is 1. The highest BCUT2D eigenvalue weighted by atomic mass is 16.1. The zero-order valence-electron chi connectivity index (χ0n) is 14.2. The van der Waals surface area contributed by atoms with Crippen molar-refractivity contribution in [1.29, 1.82) is 0 Å². The lowest BCUT2D eigenvalue weighted by atomic mass is 10.0. The van der Waals surface area contributed by atoms with Crippen LogP contribution in [0, 0.1) is 0 Å². The van der Waals surface area contributed by atoms with Crippen LogP contribution in [0.25, 0.3) is 10.9 Å². The van der Waals surface area contributed by atoms with Crippen molar-refractivity contribution in [2.45, 2.75) is 18.9 Å². The normalized spacial score (nSPS) is 15.5. The third kappa shape index (κ3) is 3.20. The minimum Gasteiger partial charge on any atom is -0.371 e. The van der Waals surface area contributed by atoms with E-state index in [1.165, 1.54) is 11.1 Å². The summed E-state index contributed by atoms with van der Waals surface area (Å²) in [5, 5.41) is 8.36. The number of aryl methyl sites for hydroxylation is 1. The maximum Gasteiger partial charge on any atom is 0.254 e. The molecular formula is C19H21N5O. The molecular weight excluding hydrogens is 314 g/mol. The van der Waals surface area contributed by atoms with Crippen molar-refractivity contribution in [3.63, 3.8) is 0 Å². The van der Waals surface area contributed by atoms with Gasteiger partial charge in [-0.2, -0.15) is 5.10 Å². The Morgan fingerprint density at radius 3 is 2.76 bits per heavy atom. The van der Waals surface area contributed by atoms with E-state index in [9.17, 15) is 4.79 Å². The predicted molar refractivity (Wildman–Crippen MR) is 97.7 cm³/mol. The molecule has 6 nitrogen and oxygen atoms in total. The van der Waals surface area contributed by atoms with Crippen LogP contribution >= 0.6 is 0 Å². The molecule has 1 saturated heterocycles. The molecule has 1 aliphatic heterocycles. The number of nitrogens with one attached hydrogen (secondary N) is 1. The third-order valence-electron chi connectivity index (χ3n) is 4.76. The first kappa shape index (κ1) is 15.6. The number of hydrogen-bond acceptors (Lipinski definition) is 4. The number of fused-ring (bicyclic) bond motifs is 1. The first-order valence-corrected chi connectivity index (χ1v) is 8.59. The molecule has 1 aliphatic rings. The van der Waals surface area contributed by atoms with Crippen molar-refractivity contribution in [2.75, 3.05) is 18.0 Å². The number of carbonyl (C=O) groups excluding carboxylic acids is 1. The summed E-state index contributed by atoms with van der Waals surface area (Å²) in [5.41, 5.74) is 2.86. The molecule has 1 N–H and O–H groups in total. The number of piperidine rings is 1. The van der Waals surface area contributed by atoms with Gasteiger partial charge in [0.25, 0.3) is 5.91 Å². The number of amides is 1. The Morgan fingerprint density at radius 2 is 2.00 bits per heavy atom. The zero-order valence-corrected chi connectivity index (χ0v) is 14.2. The predicted octanol–water partition coefficient (Wildman–Crippen LogP) is 2.37. The first-order chi connectivity index (χ1) is 12.2. The van der Waals surface area contributed by atoms with Crippen molar-refractivity contribution in [1.82, 2.24) is 20.1 Å². The average Bonchev–Trinajstić information content (AvgIpc) is 3.08. The fraction of sp³-hybridized carbons (Fsp3) is 0.316. The second-order valence-electron chi connectivity index (χ2n) is 6.48. The number of aromatic nitrogens is 3. The monoisotopic (exact) mass is 335 g/mol. The number of nitrogens with zero attached hydrogens (tertiary/aromatic N) is 4. The Balaban J connectivity index is 1.42. The van der Waals surface area contributed by atoms with E-state index in [0.717, 1.165) is 31.4 Å². The van der Waals surface area contributed by atoms with Gasteiger partial charge in [0, 0.05) is 49.6 Å². The van der Waals surface area contributed by atoms with Gasteiger partial charge in [0.2, 0.25) is 0 Å². The maximum atomic E-state index is 12.3. The van der Waals surface area contributed by atoms with Crippen LogP contribution < -0.4 is 10.2 Å². The largest absolute Gasteiger partial charge is 0.371 e. The van der Waals surface area contributed by atoms with Crippen molar-refractivity contribution in [3.05, 3.63) is 54.5 Å². The minimum atomic E-state index is -0.0408. The lowest BCUT2D eigenvalue weighted by molar-refractivity contribution is 0.0931. The van der Waals surface area contributed by atoms with Crippen LogP contribution in [0.1, 0.15) is 23.2 Å². The summed E-state index contributed by atoms with van der Waals surface area (Å²) in [4.78, 5) is 19.1. The first-order valence-electron chi connectivity index (χ1n) is 8.59. The van der Waals surface area contributed by atoms with Gasteiger partial charge < -0.3 is 10.2 Å². The molecule has 0 atom stereocenters. The van der Waals surface area contributed by atoms with E-state index < -0.39 is 0 Å². The molecule has 6 heteroatoms. The quantitative estimate of drug-likeness (QED) is 0.798. The number of rotatable bonds is 3. The van der Waals surface area contributed by atoms with E-state index in [1.807, 2.05) is 31.4 Å². The van der Waals surface area contributed by atoms with E-state index >= 15 is 0 Å². The SMILES string of the molecule is Cn1cc(C(=O)NC2CCN(c3ccnc4ccccc34)CC2)cn1. The summed E-state index contributed by atoms with van der Waals surface area (Å²) in [6, 6.07) is 10.5. The van der Waals surface area contributed by atoms with Gasteiger partial charge in [-0.1, -0.05) is 18.2 Å². The molecule has 4 rings (SSSR count). The minimum absolute atomic E-state index is 0.0408. The topological polar surface area (TPSA) is 63.1 Å². The fourth-order valence-corrected chi connectivity index (χ4v) is 3.43. The molecule has 0 bridgehead atoms. The Kier molecular flexibility index (Phi) is 4.09. The number of carbonyl (C=O) groups is 1. The summed E-state index contributed by atoms with van der Waals surface area (Å²) in [5.74, 6) is -0.0408. The molecule has 1 aromatic carbocycles. The molecule has 128 valence electrons. The highest BCUT2D eigenvalue weighted by Gasteiger charge is 2.22. The van der Waals surface area contributed by atoms with Crippen molar-refractivity contribution in [3.8, 4) is 0 Å². The Labute approximate surface area is 146 Å². The van der Waals surface area contributed by atoms with Crippen LogP contribution in [0.15, 0.2) is 48.9 Å². The van der Waals surface area contributed by atoms with E-state index in [-0.39, 0.29) is 11.9 Å². The van der Waals surface area contributed by atoms with Gasteiger partial charge in [-0.25, -0.2) is 0 Å². The molecule has 2 aromatic heterocycles. The second kappa shape index (κ2) is 6.55. The van der Waals surface area contributed by atoms with Crippen LogP contribution in [0.2, 0.25) is 0 Å². The van der Waals surface area contributed by atoms with Gasteiger partial charge in [0.05, 0.1) is 17.3 Å². The molecule has 3 heterocycles. The highest BCUT2D eigenvalue weighted by molar-refractivity contribution is 5.94. The number of hydrogen-bond donors (Lipinski definition) is 1. The summed E-state index contributed by atoms with van der Waals surface area (Å²) >= 11 is 0. The smallest absolute Gasteiger partial charge is 0.254 e. The van der Waals surface area contributed by atoms with Crippen molar-refractivity contribution in [2.24, 2.45) is 7.05 Å². The second-order valence-corrected chi connectivity index (χ2v) is 6.48. The Morgan fingerprint density at radius 1 is 1.20 bits per heavy atom. The molecule has 0 saturated carbocycles. The Hall–Kier alpha value is -2.89. The van der Waals surface area contributed by atoms with E-state index in [0.29, 0.717) is 5.56 Å². The molecule has 0 unspecified atom stereocenters. The highest BCUT2D eigenvalue weighted by Crippen LogP contribution is 2.27. The standard InChI is InChI=1S/C19H21N5O/c1-23-13-14(12-21-23)19(25)22-15-7-10-24(11-8-15)18-6-9-20-17-5-3-2-4-16(17)18/h2-6,9,12-13,15H,7-8,10-11H2,1H3,(H,22,25). The van der Waals surface area contributed by atoms with E-state index in [4.69, 9.17) is 0 Å². The van der Waals surface area contributed by atoms with Gasteiger partial charge in [-0.15, -0.1) is 0 Å². The van der Waals surface area contributed by atoms with E-state index in [1.54, 1.807) is 17.1 Å². The zero-order chi connectivity index (χ0) is 17.2. The summed E-state index contributed by atoms with van der Waals surface area (Å²) in [7, 11) is 1.81. The molecule has 0 aliphatic carbocycles. The number of benzene rings is 1. The average molecular weight is 335 g/mol. The summed E-state index contributed by atoms with van der Waals surface area (Å²) in [6.07, 6.45) is 7.08. The summed E-state index contributed by atoms with van der Waals surface area (Å²) < 4.78 is 1.64. The van der Waals surface area contributed by atoms with Gasteiger partial charge >= 0.3 is 0 Å².